The summed E-state index contributed by atoms with van der Waals surface area (Å²) < 4.78 is 0. The van der Waals surface area contributed by atoms with Gasteiger partial charge in [-0.15, -0.1) is 11.3 Å². The minimum Gasteiger partial charge on any atom is -0.357 e. The Morgan fingerprint density at radius 3 is 2.95 bits per heavy atom. The number of hydrogen-bond acceptors (Lipinski definition) is 2. The summed E-state index contributed by atoms with van der Waals surface area (Å²) in [6.45, 7) is 8.47. The lowest BCUT2D eigenvalue weighted by molar-refractivity contribution is 0.594. The number of hydrogen-bond donors (Lipinski definition) is 2. The molecule has 4 heteroatoms. The minimum absolute atomic E-state index is 0.589. The van der Waals surface area contributed by atoms with Crippen molar-refractivity contribution in [2.24, 2.45) is 16.8 Å². The summed E-state index contributed by atoms with van der Waals surface area (Å²) in [6.07, 6.45) is 2.40. The van der Waals surface area contributed by atoms with E-state index in [9.17, 15) is 0 Å². The maximum absolute atomic E-state index is 4.71. The molecule has 19 heavy (non-hydrogen) atoms. The molecule has 106 valence electrons. The van der Waals surface area contributed by atoms with E-state index in [1.165, 1.54) is 11.3 Å². The van der Waals surface area contributed by atoms with Crippen molar-refractivity contribution >= 4 is 17.3 Å². The van der Waals surface area contributed by atoms with Crippen molar-refractivity contribution in [1.82, 2.24) is 10.6 Å². The molecule has 1 aliphatic rings. The second-order valence-electron chi connectivity index (χ2n) is 5.57. The van der Waals surface area contributed by atoms with E-state index in [0.29, 0.717) is 12.0 Å². The van der Waals surface area contributed by atoms with Crippen molar-refractivity contribution < 1.29 is 0 Å². The van der Waals surface area contributed by atoms with Gasteiger partial charge in [-0.05, 0) is 43.0 Å². The first-order valence-corrected chi connectivity index (χ1v) is 8.14. The van der Waals surface area contributed by atoms with Gasteiger partial charge in [0.2, 0.25) is 0 Å². The Labute approximate surface area is 120 Å². The van der Waals surface area contributed by atoms with Gasteiger partial charge >= 0.3 is 0 Å². The van der Waals surface area contributed by atoms with E-state index in [0.717, 1.165) is 31.4 Å². The first-order chi connectivity index (χ1) is 9.19. The van der Waals surface area contributed by atoms with Crippen LogP contribution in [-0.2, 0) is 6.42 Å². The van der Waals surface area contributed by atoms with Crippen LogP contribution in [0.2, 0.25) is 0 Å². The van der Waals surface area contributed by atoms with Gasteiger partial charge in [-0.25, -0.2) is 0 Å². The van der Waals surface area contributed by atoms with E-state index >= 15 is 0 Å². The van der Waals surface area contributed by atoms with Crippen molar-refractivity contribution in [3.05, 3.63) is 22.4 Å². The van der Waals surface area contributed by atoms with E-state index in [1.54, 1.807) is 0 Å². The van der Waals surface area contributed by atoms with E-state index in [-0.39, 0.29) is 0 Å². The fourth-order valence-electron chi connectivity index (χ4n) is 2.10. The van der Waals surface area contributed by atoms with Gasteiger partial charge in [-0.1, -0.05) is 19.9 Å². The molecule has 0 saturated heterocycles. The first kappa shape index (κ1) is 14.4. The van der Waals surface area contributed by atoms with Crippen molar-refractivity contribution in [3.8, 4) is 0 Å². The standard InChI is InChI=1S/C15H25N3S/c1-4-16-15(18-14-9-12(14)3)17-10-11(2)8-13-6-5-7-19-13/h5-7,11-12,14H,4,8-10H2,1-3H3,(H2,16,17,18). The summed E-state index contributed by atoms with van der Waals surface area (Å²) in [4.78, 5) is 6.16. The van der Waals surface area contributed by atoms with Crippen molar-refractivity contribution in [2.45, 2.75) is 39.7 Å². The molecule has 1 aliphatic carbocycles. The molecule has 0 radical (unpaired) electrons. The molecule has 3 nitrogen and oxygen atoms in total. The average Bonchev–Trinajstić information content (AvgIpc) is 2.87. The fraction of sp³-hybridized carbons (Fsp3) is 0.667. The third-order valence-corrected chi connectivity index (χ3v) is 4.37. The molecule has 0 amide bonds. The zero-order chi connectivity index (χ0) is 13.7. The quantitative estimate of drug-likeness (QED) is 0.620. The van der Waals surface area contributed by atoms with Crippen LogP contribution in [0.25, 0.3) is 0 Å². The van der Waals surface area contributed by atoms with Gasteiger partial charge in [-0.3, -0.25) is 4.99 Å². The Kier molecular flexibility index (Phi) is 5.25. The van der Waals surface area contributed by atoms with Gasteiger partial charge in [0.05, 0.1) is 0 Å². The molecule has 1 aromatic heterocycles. The zero-order valence-electron chi connectivity index (χ0n) is 12.1. The Morgan fingerprint density at radius 1 is 1.58 bits per heavy atom. The van der Waals surface area contributed by atoms with Crippen LogP contribution in [-0.4, -0.2) is 25.1 Å². The molecular weight excluding hydrogens is 254 g/mol. The monoisotopic (exact) mass is 279 g/mol. The largest absolute Gasteiger partial charge is 0.357 e. The molecule has 1 fully saturated rings. The van der Waals surface area contributed by atoms with Crippen LogP contribution in [0.4, 0.5) is 0 Å². The Bertz CT molecular complexity index is 400. The Hall–Kier alpha value is -1.03. The highest BCUT2D eigenvalue weighted by Gasteiger charge is 2.33. The zero-order valence-corrected chi connectivity index (χ0v) is 13.0. The van der Waals surface area contributed by atoms with Crippen LogP contribution >= 0.6 is 11.3 Å². The van der Waals surface area contributed by atoms with Crippen LogP contribution in [0.15, 0.2) is 22.5 Å². The van der Waals surface area contributed by atoms with E-state index in [1.807, 2.05) is 11.3 Å². The molecule has 1 saturated carbocycles. The lowest BCUT2D eigenvalue weighted by atomic mass is 10.1. The van der Waals surface area contributed by atoms with Gasteiger partial charge in [0.15, 0.2) is 5.96 Å². The number of rotatable bonds is 6. The van der Waals surface area contributed by atoms with Gasteiger partial charge in [0, 0.05) is 24.0 Å². The summed E-state index contributed by atoms with van der Waals surface area (Å²) in [5.41, 5.74) is 0. The van der Waals surface area contributed by atoms with Crippen molar-refractivity contribution in [2.75, 3.05) is 13.1 Å². The lowest BCUT2D eigenvalue weighted by Gasteiger charge is -2.13. The maximum atomic E-state index is 4.71. The van der Waals surface area contributed by atoms with Gasteiger partial charge in [0.1, 0.15) is 0 Å². The molecule has 2 N–H and O–H groups in total. The highest BCUT2D eigenvalue weighted by Crippen LogP contribution is 2.28. The van der Waals surface area contributed by atoms with Gasteiger partial charge in [0.25, 0.3) is 0 Å². The predicted molar refractivity (Wildman–Crippen MR) is 83.9 cm³/mol. The van der Waals surface area contributed by atoms with Crippen molar-refractivity contribution in [1.29, 1.82) is 0 Å². The summed E-state index contributed by atoms with van der Waals surface area (Å²) >= 11 is 1.84. The Balaban J connectivity index is 1.79. The molecule has 0 bridgehead atoms. The van der Waals surface area contributed by atoms with Crippen LogP contribution in [0.5, 0.6) is 0 Å². The lowest BCUT2D eigenvalue weighted by Crippen LogP contribution is -2.39. The Morgan fingerprint density at radius 2 is 2.37 bits per heavy atom. The smallest absolute Gasteiger partial charge is 0.191 e. The number of guanidine groups is 1. The van der Waals surface area contributed by atoms with Crippen LogP contribution < -0.4 is 10.6 Å². The molecule has 0 aliphatic heterocycles. The third kappa shape index (κ3) is 4.86. The second kappa shape index (κ2) is 6.94. The summed E-state index contributed by atoms with van der Waals surface area (Å²) in [5.74, 6) is 2.37. The fourth-order valence-corrected chi connectivity index (χ4v) is 2.97. The number of aliphatic imine (C=N–C) groups is 1. The highest BCUT2D eigenvalue weighted by atomic mass is 32.1. The van der Waals surface area contributed by atoms with Gasteiger partial charge < -0.3 is 10.6 Å². The molecule has 3 atom stereocenters. The molecule has 1 heterocycles. The predicted octanol–water partition coefficient (Wildman–Crippen LogP) is 2.89. The highest BCUT2D eigenvalue weighted by molar-refractivity contribution is 7.09. The van der Waals surface area contributed by atoms with Crippen molar-refractivity contribution in [3.63, 3.8) is 0 Å². The number of nitrogens with one attached hydrogen (secondary N) is 2. The molecule has 1 aromatic rings. The molecule has 3 unspecified atom stereocenters. The minimum atomic E-state index is 0.589. The number of nitrogens with zero attached hydrogens (tertiary/aromatic N) is 1. The molecule has 0 spiro atoms. The topological polar surface area (TPSA) is 36.4 Å². The summed E-state index contributed by atoms with van der Waals surface area (Å²) in [6, 6.07) is 4.96. The van der Waals surface area contributed by atoms with Crippen LogP contribution in [0.3, 0.4) is 0 Å². The van der Waals surface area contributed by atoms with Crippen LogP contribution in [0, 0.1) is 11.8 Å². The summed E-state index contributed by atoms with van der Waals surface area (Å²) in [5, 5.41) is 8.97. The third-order valence-electron chi connectivity index (χ3n) is 3.47. The maximum Gasteiger partial charge on any atom is 0.191 e. The first-order valence-electron chi connectivity index (χ1n) is 7.26. The van der Waals surface area contributed by atoms with E-state index < -0.39 is 0 Å². The van der Waals surface area contributed by atoms with Crippen LogP contribution in [0.1, 0.15) is 32.1 Å². The number of thiophene rings is 1. The second-order valence-corrected chi connectivity index (χ2v) is 6.60. The average molecular weight is 279 g/mol. The molecular formula is C15H25N3S. The van der Waals surface area contributed by atoms with E-state index in [4.69, 9.17) is 4.99 Å². The van der Waals surface area contributed by atoms with E-state index in [2.05, 4.69) is 48.9 Å². The molecule has 0 aromatic carbocycles. The normalized spacial score (nSPS) is 24.1. The summed E-state index contributed by atoms with van der Waals surface area (Å²) in [7, 11) is 0. The van der Waals surface area contributed by atoms with Gasteiger partial charge in [-0.2, -0.15) is 0 Å². The molecule has 2 rings (SSSR count). The SMILES string of the molecule is CCNC(=NCC(C)Cc1cccs1)NC1CC1C.